The Morgan fingerprint density at radius 1 is 0.656 bits per heavy atom. The maximum absolute atomic E-state index is 12.5. The van der Waals surface area contributed by atoms with Crippen LogP contribution >= 0.6 is 0 Å². The van der Waals surface area contributed by atoms with Gasteiger partial charge in [0, 0.05) is 0 Å². The predicted molar refractivity (Wildman–Crippen MR) is 132 cm³/mol. The van der Waals surface area contributed by atoms with Crippen LogP contribution in [0.5, 0.6) is 0 Å². The van der Waals surface area contributed by atoms with E-state index in [-0.39, 0.29) is 0 Å². The highest BCUT2D eigenvalue weighted by Gasteiger charge is 2.18. The maximum Gasteiger partial charge on any atom is 0.339 e. The molecule has 1 aromatic rings. The number of rotatable bonds is 19. The van der Waals surface area contributed by atoms with Crippen molar-refractivity contribution in [3.63, 3.8) is 0 Å². The van der Waals surface area contributed by atoms with Crippen LogP contribution in [-0.2, 0) is 9.47 Å². The SMILES string of the molecule is CCCCCCCCCCCOC(=O)c1ccccc1C(=O)OCCCCCCC(C)C. The third kappa shape index (κ3) is 13.5. The van der Waals surface area contributed by atoms with Crippen molar-refractivity contribution in [3.8, 4) is 0 Å². The van der Waals surface area contributed by atoms with E-state index in [2.05, 4.69) is 20.8 Å². The third-order valence-corrected chi connectivity index (χ3v) is 5.76. The molecule has 0 aliphatic carbocycles. The van der Waals surface area contributed by atoms with Crippen molar-refractivity contribution in [2.75, 3.05) is 13.2 Å². The fraction of sp³-hybridized carbons (Fsp3) is 0.714. The van der Waals surface area contributed by atoms with Gasteiger partial charge in [0.1, 0.15) is 0 Å². The fourth-order valence-corrected chi connectivity index (χ4v) is 3.75. The first-order valence-corrected chi connectivity index (χ1v) is 13.0. The second-order valence-corrected chi connectivity index (χ2v) is 9.24. The lowest BCUT2D eigenvalue weighted by Crippen LogP contribution is -2.15. The molecule has 0 bridgehead atoms. The summed E-state index contributed by atoms with van der Waals surface area (Å²) in [5.41, 5.74) is 0.592. The first-order valence-electron chi connectivity index (χ1n) is 13.0. The molecule has 32 heavy (non-hydrogen) atoms. The molecule has 4 heteroatoms. The number of ether oxygens (including phenoxy) is 2. The Balaban J connectivity index is 2.25. The molecule has 182 valence electrons. The molecule has 0 aliphatic heterocycles. The number of carbonyl (C=O) groups is 2. The summed E-state index contributed by atoms with van der Waals surface area (Å²) in [7, 11) is 0. The molecule has 0 spiro atoms. The van der Waals surface area contributed by atoms with Crippen LogP contribution in [0.4, 0.5) is 0 Å². The lowest BCUT2D eigenvalue weighted by Gasteiger charge is -2.10. The minimum atomic E-state index is -0.442. The zero-order chi connectivity index (χ0) is 23.4. The third-order valence-electron chi connectivity index (χ3n) is 5.76. The van der Waals surface area contributed by atoms with Gasteiger partial charge in [-0.1, -0.05) is 110 Å². The summed E-state index contributed by atoms with van der Waals surface area (Å²) in [5.74, 6) is -0.141. The average Bonchev–Trinajstić information content (AvgIpc) is 2.79. The number of hydrogen-bond donors (Lipinski definition) is 0. The highest BCUT2D eigenvalue weighted by atomic mass is 16.5. The smallest absolute Gasteiger partial charge is 0.339 e. The monoisotopic (exact) mass is 446 g/mol. The van der Waals surface area contributed by atoms with Crippen molar-refractivity contribution < 1.29 is 19.1 Å². The van der Waals surface area contributed by atoms with Gasteiger partial charge in [0.05, 0.1) is 24.3 Å². The molecule has 0 aliphatic rings. The van der Waals surface area contributed by atoms with Gasteiger partial charge in [-0.25, -0.2) is 9.59 Å². The minimum Gasteiger partial charge on any atom is -0.462 e. The number of unbranched alkanes of at least 4 members (excludes halogenated alkanes) is 11. The molecular weight excluding hydrogens is 400 g/mol. The van der Waals surface area contributed by atoms with Crippen LogP contribution in [0, 0.1) is 5.92 Å². The van der Waals surface area contributed by atoms with Gasteiger partial charge in [-0.3, -0.25) is 0 Å². The zero-order valence-corrected chi connectivity index (χ0v) is 20.8. The lowest BCUT2D eigenvalue weighted by molar-refractivity contribution is 0.0450. The standard InChI is InChI=1S/C28H46O4/c1-4-5-6-7-8-9-10-12-17-22-31-27(29)25-20-15-16-21-26(25)28(30)32-23-18-13-11-14-19-24(2)3/h15-16,20-21,24H,4-14,17-19,22-23H2,1-3H3. The van der Waals surface area contributed by atoms with E-state index >= 15 is 0 Å². The zero-order valence-electron chi connectivity index (χ0n) is 20.8. The van der Waals surface area contributed by atoms with Gasteiger partial charge >= 0.3 is 11.9 Å². The molecule has 0 N–H and O–H groups in total. The highest BCUT2D eigenvalue weighted by molar-refractivity contribution is 6.03. The van der Waals surface area contributed by atoms with Crippen LogP contribution in [0.25, 0.3) is 0 Å². The molecular formula is C28H46O4. The van der Waals surface area contributed by atoms with Crippen molar-refractivity contribution in [3.05, 3.63) is 35.4 Å². The van der Waals surface area contributed by atoms with Gasteiger partial charge in [0.15, 0.2) is 0 Å². The van der Waals surface area contributed by atoms with Gasteiger partial charge in [-0.2, -0.15) is 0 Å². The molecule has 1 aromatic carbocycles. The van der Waals surface area contributed by atoms with Crippen molar-refractivity contribution in [1.29, 1.82) is 0 Å². The van der Waals surface area contributed by atoms with Crippen LogP contribution < -0.4 is 0 Å². The second kappa shape index (κ2) is 18.7. The normalized spacial score (nSPS) is 11.0. The summed E-state index contributed by atoms with van der Waals surface area (Å²) >= 11 is 0. The quantitative estimate of drug-likeness (QED) is 0.159. The van der Waals surface area contributed by atoms with Crippen LogP contribution in [-0.4, -0.2) is 25.2 Å². The molecule has 0 amide bonds. The Hall–Kier alpha value is -1.84. The predicted octanol–water partition coefficient (Wildman–Crippen LogP) is 8.14. The minimum absolute atomic E-state index is 0.296. The van der Waals surface area contributed by atoms with Gasteiger partial charge in [-0.05, 0) is 30.9 Å². The molecule has 0 radical (unpaired) electrons. The Labute approximate surface area is 196 Å². The topological polar surface area (TPSA) is 52.6 Å². The van der Waals surface area contributed by atoms with Gasteiger partial charge in [-0.15, -0.1) is 0 Å². The highest BCUT2D eigenvalue weighted by Crippen LogP contribution is 2.14. The molecule has 0 saturated carbocycles. The van der Waals surface area contributed by atoms with Crippen LogP contribution in [0.2, 0.25) is 0 Å². The van der Waals surface area contributed by atoms with Crippen molar-refractivity contribution in [2.24, 2.45) is 5.92 Å². The molecule has 0 atom stereocenters. The van der Waals surface area contributed by atoms with Gasteiger partial charge in [0.2, 0.25) is 0 Å². The maximum atomic E-state index is 12.5. The summed E-state index contributed by atoms with van der Waals surface area (Å²) in [6, 6.07) is 6.78. The van der Waals surface area contributed by atoms with E-state index in [1.54, 1.807) is 24.3 Å². The second-order valence-electron chi connectivity index (χ2n) is 9.24. The van der Waals surface area contributed by atoms with Crippen LogP contribution in [0.1, 0.15) is 131 Å². The number of carbonyl (C=O) groups excluding carboxylic acids is 2. The van der Waals surface area contributed by atoms with Crippen molar-refractivity contribution in [1.82, 2.24) is 0 Å². The average molecular weight is 447 g/mol. The summed E-state index contributed by atoms with van der Waals surface area (Å²) in [4.78, 5) is 24.9. The summed E-state index contributed by atoms with van der Waals surface area (Å²) in [5, 5.41) is 0. The van der Waals surface area contributed by atoms with E-state index in [1.807, 2.05) is 0 Å². The summed E-state index contributed by atoms with van der Waals surface area (Å²) in [6.45, 7) is 7.50. The Morgan fingerprint density at radius 3 is 1.50 bits per heavy atom. The number of esters is 2. The van der Waals surface area contributed by atoms with Crippen LogP contribution in [0.15, 0.2) is 24.3 Å². The first-order chi connectivity index (χ1) is 15.6. The number of benzene rings is 1. The Morgan fingerprint density at radius 2 is 1.06 bits per heavy atom. The molecule has 1 rings (SSSR count). The van der Waals surface area contributed by atoms with Crippen molar-refractivity contribution >= 4 is 11.9 Å². The van der Waals surface area contributed by atoms with E-state index in [1.165, 1.54) is 57.8 Å². The Bertz CT molecular complexity index is 624. The Kier molecular flexibility index (Phi) is 16.5. The van der Waals surface area contributed by atoms with Gasteiger partial charge < -0.3 is 9.47 Å². The molecule has 0 fully saturated rings. The van der Waals surface area contributed by atoms with Gasteiger partial charge in [0.25, 0.3) is 0 Å². The molecule has 4 nitrogen and oxygen atoms in total. The van der Waals surface area contributed by atoms with Crippen LogP contribution in [0.3, 0.4) is 0 Å². The molecule has 0 unspecified atom stereocenters. The number of hydrogen-bond acceptors (Lipinski definition) is 4. The molecule has 0 saturated heterocycles. The van der Waals surface area contributed by atoms with E-state index in [4.69, 9.17) is 9.47 Å². The van der Waals surface area contributed by atoms with E-state index in [0.29, 0.717) is 24.3 Å². The summed E-state index contributed by atoms with van der Waals surface area (Å²) < 4.78 is 10.8. The van der Waals surface area contributed by atoms with E-state index < -0.39 is 11.9 Å². The lowest BCUT2D eigenvalue weighted by atomic mass is 10.0. The molecule has 0 heterocycles. The summed E-state index contributed by atoms with van der Waals surface area (Å²) in [6.07, 6.45) is 16.5. The van der Waals surface area contributed by atoms with E-state index in [9.17, 15) is 9.59 Å². The fourth-order valence-electron chi connectivity index (χ4n) is 3.75. The first kappa shape index (κ1) is 28.2. The molecule has 0 aromatic heterocycles. The van der Waals surface area contributed by atoms with E-state index in [0.717, 1.165) is 38.0 Å². The van der Waals surface area contributed by atoms with Crippen molar-refractivity contribution in [2.45, 2.75) is 111 Å². The largest absolute Gasteiger partial charge is 0.462 e.